The minimum Gasteiger partial charge on any atom is -0.481 e. The van der Waals surface area contributed by atoms with Crippen molar-refractivity contribution in [3.05, 3.63) is 118 Å². The summed E-state index contributed by atoms with van der Waals surface area (Å²) in [5.74, 6) is -0.854. The van der Waals surface area contributed by atoms with E-state index in [2.05, 4.69) is 5.32 Å². The summed E-state index contributed by atoms with van der Waals surface area (Å²) in [5, 5.41) is 12.6. The number of rotatable bonds is 8. The molecule has 0 bridgehead atoms. The fourth-order valence-electron chi connectivity index (χ4n) is 3.83. The van der Waals surface area contributed by atoms with Gasteiger partial charge in [-0.15, -0.1) is 0 Å². The highest BCUT2D eigenvalue weighted by molar-refractivity contribution is 7.99. The number of nitrogens with zero attached hydrogens (tertiary/aromatic N) is 1. The zero-order valence-electron chi connectivity index (χ0n) is 19.9. The second-order valence-corrected chi connectivity index (χ2v) is 10.2. The summed E-state index contributed by atoms with van der Waals surface area (Å²) in [6.07, 6.45) is -0.000350. The van der Waals surface area contributed by atoms with Gasteiger partial charge in [-0.3, -0.25) is 9.69 Å². The smallest absolute Gasteiger partial charge is 0.326 e. The molecule has 0 aromatic heterocycles. The first-order valence-electron chi connectivity index (χ1n) is 11.5. The van der Waals surface area contributed by atoms with Crippen LogP contribution in [-0.2, 0) is 11.2 Å². The summed E-state index contributed by atoms with van der Waals surface area (Å²) >= 11 is 14.3. The summed E-state index contributed by atoms with van der Waals surface area (Å²) in [7, 11) is 0. The summed E-state index contributed by atoms with van der Waals surface area (Å²) in [4.78, 5) is 28.0. The van der Waals surface area contributed by atoms with Crippen LogP contribution in [0, 0.1) is 0 Å². The highest BCUT2D eigenvalue weighted by atomic mass is 35.5. The average Bonchev–Trinajstić information content (AvgIpc) is 2.89. The summed E-state index contributed by atoms with van der Waals surface area (Å²) < 4.78 is 0. The maximum atomic E-state index is 13.5. The highest BCUT2D eigenvalue weighted by Gasteiger charge is 2.26. The maximum absolute atomic E-state index is 13.5. The molecule has 0 radical (unpaired) electrons. The van der Waals surface area contributed by atoms with Crippen LogP contribution in [0.3, 0.4) is 0 Å². The quantitative estimate of drug-likeness (QED) is 0.230. The van der Waals surface area contributed by atoms with Gasteiger partial charge in [-0.25, -0.2) is 4.79 Å². The largest absolute Gasteiger partial charge is 0.481 e. The van der Waals surface area contributed by atoms with Gasteiger partial charge in [0.05, 0.1) is 28.2 Å². The minimum atomic E-state index is -0.854. The molecule has 0 fully saturated rings. The van der Waals surface area contributed by atoms with Crippen molar-refractivity contribution in [1.82, 2.24) is 0 Å². The third-order valence-corrected chi connectivity index (χ3v) is 7.52. The second-order valence-electron chi connectivity index (χ2n) is 8.30. The lowest BCUT2D eigenvalue weighted by atomic mass is 10.1. The van der Waals surface area contributed by atoms with Gasteiger partial charge in [-0.2, -0.15) is 0 Å². The van der Waals surface area contributed by atoms with E-state index in [-0.39, 0.29) is 18.5 Å². The molecule has 37 heavy (non-hydrogen) atoms. The van der Waals surface area contributed by atoms with Crippen LogP contribution in [0.15, 0.2) is 107 Å². The monoisotopic (exact) mass is 550 g/mol. The predicted octanol–water partition coefficient (Wildman–Crippen LogP) is 8.57. The van der Waals surface area contributed by atoms with E-state index in [1.54, 1.807) is 34.9 Å². The van der Waals surface area contributed by atoms with E-state index >= 15 is 0 Å². The average molecular weight is 551 g/mol. The minimum absolute atomic E-state index is 0.000350. The zero-order chi connectivity index (χ0) is 26.4. The summed E-state index contributed by atoms with van der Waals surface area (Å²) in [6, 6.07) is 29.2. The molecule has 0 spiro atoms. The molecular formula is C29H24Cl2N2O3S. The van der Waals surface area contributed by atoms with Crippen molar-refractivity contribution < 1.29 is 14.7 Å². The van der Waals surface area contributed by atoms with Crippen molar-refractivity contribution in [3.63, 3.8) is 0 Å². The molecule has 0 aliphatic heterocycles. The van der Waals surface area contributed by atoms with Gasteiger partial charge in [0, 0.05) is 15.5 Å². The van der Waals surface area contributed by atoms with Gasteiger partial charge in [0.2, 0.25) is 0 Å². The Morgan fingerprint density at radius 2 is 1.49 bits per heavy atom. The van der Waals surface area contributed by atoms with Crippen molar-refractivity contribution in [1.29, 1.82) is 0 Å². The molecule has 4 rings (SSSR count). The van der Waals surface area contributed by atoms with E-state index in [4.69, 9.17) is 28.3 Å². The van der Waals surface area contributed by atoms with Gasteiger partial charge in [0.1, 0.15) is 0 Å². The first kappa shape index (κ1) is 26.6. The van der Waals surface area contributed by atoms with Crippen LogP contribution in [0.2, 0.25) is 10.0 Å². The van der Waals surface area contributed by atoms with Crippen LogP contribution in [0.4, 0.5) is 16.2 Å². The fraction of sp³-hybridized carbons (Fsp3) is 0.103. The highest BCUT2D eigenvalue weighted by Crippen LogP contribution is 2.37. The van der Waals surface area contributed by atoms with E-state index in [1.165, 1.54) is 0 Å². The topological polar surface area (TPSA) is 69.6 Å². The molecule has 0 aliphatic rings. The number of amides is 2. The number of halogens is 2. The Hall–Kier alpha value is -3.45. The maximum Gasteiger partial charge on any atom is 0.326 e. The molecule has 2 amide bonds. The first-order valence-corrected chi connectivity index (χ1v) is 13.1. The predicted molar refractivity (Wildman–Crippen MR) is 151 cm³/mol. The lowest BCUT2D eigenvalue weighted by Gasteiger charge is -2.31. The Morgan fingerprint density at radius 1 is 0.865 bits per heavy atom. The van der Waals surface area contributed by atoms with E-state index in [0.29, 0.717) is 21.4 Å². The van der Waals surface area contributed by atoms with Crippen LogP contribution in [0.1, 0.15) is 24.1 Å². The molecule has 0 aliphatic carbocycles. The molecule has 0 saturated heterocycles. The number of hydrogen-bond acceptors (Lipinski definition) is 3. The van der Waals surface area contributed by atoms with Crippen molar-refractivity contribution in [2.75, 3.05) is 10.2 Å². The van der Waals surface area contributed by atoms with Gasteiger partial charge < -0.3 is 10.4 Å². The molecule has 8 heteroatoms. The third-order valence-electron chi connectivity index (χ3n) is 5.70. The third kappa shape index (κ3) is 6.86. The van der Waals surface area contributed by atoms with Crippen LogP contribution in [0.5, 0.6) is 0 Å². The number of carboxylic acids is 1. The van der Waals surface area contributed by atoms with Crippen LogP contribution in [-0.4, -0.2) is 17.1 Å². The van der Waals surface area contributed by atoms with Gasteiger partial charge in [-0.1, -0.05) is 83.5 Å². The first-order chi connectivity index (χ1) is 17.8. The number of carboxylic acid groups (broad SMARTS) is 1. The number of anilines is 2. The Morgan fingerprint density at radius 3 is 2.11 bits per heavy atom. The van der Waals surface area contributed by atoms with Crippen molar-refractivity contribution >= 4 is 58.3 Å². The lowest BCUT2D eigenvalue weighted by molar-refractivity contribution is -0.136. The number of carbonyl (C=O) groups is 2. The molecule has 1 atom stereocenters. The standard InChI is InChI=1S/C29H24Cl2N2O3S/c1-19(21-6-3-2-4-7-21)33(26-9-5-8-25(30)28(26)31)29(36)32-22-12-16-24(17-13-22)37-23-14-10-20(11-15-23)18-27(34)35/h2-17,19H,18H2,1H3,(H,32,36)(H,34,35). The molecule has 0 saturated carbocycles. The molecule has 1 unspecified atom stereocenters. The summed E-state index contributed by atoms with van der Waals surface area (Å²) in [6.45, 7) is 1.94. The fourth-order valence-corrected chi connectivity index (χ4v) is 5.03. The summed E-state index contributed by atoms with van der Waals surface area (Å²) in [5.41, 5.74) is 2.86. The van der Waals surface area contributed by atoms with E-state index in [9.17, 15) is 9.59 Å². The molecule has 2 N–H and O–H groups in total. The molecule has 5 nitrogen and oxygen atoms in total. The Labute approximate surface area is 230 Å². The van der Waals surface area contributed by atoms with Gasteiger partial charge in [0.15, 0.2) is 0 Å². The molecule has 0 heterocycles. The van der Waals surface area contributed by atoms with Gasteiger partial charge in [-0.05, 0) is 66.6 Å². The number of urea groups is 1. The van der Waals surface area contributed by atoms with Crippen LogP contribution < -0.4 is 10.2 Å². The van der Waals surface area contributed by atoms with Gasteiger partial charge in [0.25, 0.3) is 0 Å². The Kier molecular flexibility index (Phi) is 8.77. The number of hydrogen-bond donors (Lipinski definition) is 2. The molecule has 4 aromatic rings. The SMILES string of the molecule is CC(c1ccccc1)N(C(=O)Nc1ccc(Sc2ccc(CC(=O)O)cc2)cc1)c1cccc(Cl)c1Cl. The number of nitrogens with one attached hydrogen (secondary N) is 1. The zero-order valence-corrected chi connectivity index (χ0v) is 22.2. The Balaban J connectivity index is 1.51. The van der Waals surface area contributed by atoms with Crippen molar-refractivity contribution in [3.8, 4) is 0 Å². The number of benzene rings is 4. The van der Waals surface area contributed by atoms with Crippen molar-refractivity contribution in [2.24, 2.45) is 0 Å². The normalized spacial score (nSPS) is 11.5. The molecule has 188 valence electrons. The van der Waals surface area contributed by atoms with E-state index in [1.807, 2.05) is 85.8 Å². The molecular weight excluding hydrogens is 527 g/mol. The van der Waals surface area contributed by atoms with Crippen LogP contribution in [0.25, 0.3) is 0 Å². The number of aliphatic carboxylic acids is 1. The number of carbonyl (C=O) groups excluding carboxylic acids is 1. The second kappa shape index (κ2) is 12.2. The Bertz CT molecular complexity index is 1380. The van der Waals surface area contributed by atoms with E-state index < -0.39 is 5.97 Å². The lowest BCUT2D eigenvalue weighted by Crippen LogP contribution is -2.37. The van der Waals surface area contributed by atoms with E-state index in [0.717, 1.165) is 20.9 Å². The van der Waals surface area contributed by atoms with Crippen LogP contribution >= 0.6 is 35.0 Å². The van der Waals surface area contributed by atoms with Crippen molar-refractivity contribution in [2.45, 2.75) is 29.2 Å². The van der Waals surface area contributed by atoms with Gasteiger partial charge >= 0.3 is 12.0 Å². The molecule has 4 aromatic carbocycles.